The Morgan fingerprint density at radius 2 is 1.68 bits per heavy atom. The highest BCUT2D eigenvalue weighted by Gasteiger charge is 2.24. The summed E-state index contributed by atoms with van der Waals surface area (Å²) >= 11 is 0. The second-order valence-corrected chi connectivity index (χ2v) is 7.33. The summed E-state index contributed by atoms with van der Waals surface area (Å²) in [6, 6.07) is 13.1. The van der Waals surface area contributed by atoms with Crippen molar-refractivity contribution in [2.75, 3.05) is 6.61 Å². The number of nitro groups is 1. The van der Waals surface area contributed by atoms with Crippen LogP contribution in [-0.4, -0.2) is 23.4 Å². The van der Waals surface area contributed by atoms with Crippen LogP contribution in [0.4, 0.5) is 5.69 Å². The second-order valence-electron chi connectivity index (χ2n) is 7.33. The summed E-state index contributed by atoms with van der Waals surface area (Å²) in [5, 5.41) is 10.8. The van der Waals surface area contributed by atoms with Crippen LogP contribution in [-0.2, 0) is 9.53 Å². The van der Waals surface area contributed by atoms with Crippen molar-refractivity contribution in [3.05, 3.63) is 75.5 Å². The monoisotopic (exact) mass is 422 g/mol. The van der Waals surface area contributed by atoms with Gasteiger partial charge in [-0.1, -0.05) is 51.2 Å². The van der Waals surface area contributed by atoms with Gasteiger partial charge in [-0.25, -0.2) is 9.79 Å². The zero-order valence-electron chi connectivity index (χ0n) is 17.6. The number of benzene rings is 2. The fourth-order valence-corrected chi connectivity index (χ4v) is 3.15. The van der Waals surface area contributed by atoms with Crippen molar-refractivity contribution in [1.82, 2.24) is 0 Å². The summed E-state index contributed by atoms with van der Waals surface area (Å²) in [5.41, 5.74) is 1.44. The van der Waals surface area contributed by atoms with Gasteiger partial charge in [0.15, 0.2) is 5.70 Å². The molecule has 0 spiro atoms. The molecular formula is C24H26N2O5. The van der Waals surface area contributed by atoms with Gasteiger partial charge in [0.25, 0.3) is 5.69 Å². The number of non-ortho nitro benzene ring substituents is 1. The number of hydrogen-bond acceptors (Lipinski definition) is 6. The first kappa shape index (κ1) is 22.2. The highest BCUT2D eigenvalue weighted by atomic mass is 16.6. The van der Waals surface area contributed by atoms with Crippen molar-refractivity contribution in [3.63, 3.8) is 0 Å². The first-order valence-electron chi connectivity index (χ1n) is 10.6. The molecule has 1 aliphatic rings. The van der Waals surface area contributed by atoms with Crippen LogP contribution in [0.25, 0.3) is 6.08 Å². The lowest BCUT2D eigenvalue weighted by Crippen LogP contribution is -2.05. The Morgan fingerprint density at radius 3 is 2.35 bits per heavy atom. The van der Waals surface area contributed by atoms with E-state index in [-0.39, 0.29) is 17.3 Å². The minimum absolute atomic E-state index is 0.0387. The van der Waals surface area contributed by atoms with Gasteiger partial charge in [0.05, 0.1) is 11.5 Å². The minimum atomic E-state index is -0.559. The highest BCUT2D eigenvalue weighted by molar-refractivity contribution is 6.12. The number of unbranched alkanes of at least 4 members (excludes halogenated alkanes) is 5. The molecule has 1 aliphatic heterocycles. The molecule has 0 aromatic heterocycles. The van der Waals surface area contributed by atoms with Gasteiger partial charge in [-0.3, -0.25) is 10.1 Å². The third-order valence-electron chi connectivity index (χ3n) is 4.90. The minimum Gasteiger partial charge on any atom is -0.494 e. The quantitative estimate of drug-likeness (QED) is 0.153. The normalized spacial score (nSPS) is 14.4. The van der Waals surface area contributed by atoms with Crippen LogP contribution in [0.15, 0.2) is 59.2 Å². The van der Waals surface area contributed by atoms with E-state index in [0.717, 1.165) is 17.7 Å². The maximum Gasteiger partial charge on any atom is 0.363 e. The van der Waals surface area contributed by atoms with Crippen LogP contribution >= 0.6 is 0 Å². The Balaban J connectivity index is 1.56. The molecule has 7 nitrogen and oxygen atoms in total. The average molecular weight is 422 g/mol. The molecule has 0 atom stereocenters. The van der Waals surface area contributed by atoms with Crippen molar-refractivity contribution in [1.29, 1.82) is 0 Å². The third-order valence-corrected chi connectivity index (χ3v) is 4.90. The van der Waals surface area contributed by atoms with E-state index in [1.165, 1.54) is 56.4 Å². The van der Waals surface area contributed by atoms with Gasteiger partial charge in [-0.2, -0.15) is 0 Å². The van der Waals surface area contributed by atoms with E-state index in [2.05, 4.69) is 11.9 Å². The van der Waals surface area contributed by atoms with E-state index < -0.39 is 10.9 Å². The SMILES string of the molecule is CCCCCCCCOc1ccc(/C=C2/N=C(c3ccc([N+](=O)[O-])cc3)OC2=O)cc1. The number of nitro benzene ring substituents is 1. The Hall–Kier alpha value is -3.48. The van der Waals surface area contributed by atoms with Crippen molar-refractivity contribution >= 4 is 23.6 Å². The number of carbonyl (C=O) groups excluding carboxylic acids is 1. The number of esters is 1. The molecule has 0 N–H and O–H groups in total. The van der Waals surface area contributed by atoms with Gasteiger partial charge in [-0.15, -0.1) is 0 Å². The first-order valence-corrected chi connectivity index (χ1v) is 10.6. The van der Waals surface area contributed by atoms with Crippen LogP contribution in [0.5, 0.6) is 5.75 Å². The Labute approximate surface area is 181 Å². The maximum atomic E-state index is 12.1. The Morgan fingerprint density at radius 1 is 1.00 bits per heavy atom. The number of ether oxygens (including phenoxy) is 2. The molecule has 2 aromatic rings. The van der Waals surface area contributed by atoms with Gasteiger partial charge in [0.2, 0.25) is 5.90 Å². The molecule has 0 fully saturated rings. The molecule has 2 aromatic carbocycles. The van der Waals surface area contributed by atoms with Gasteiger partial charge < -0.3 is 9.47 Å². The van der Waals surface area contributed by atoms with Crippen LogP contribution in [0.1, 0.15) is 56.6 Å². The lowest BCUT2D eigenvalue weighted by atomic mass is 10.1. The van der Waals surface area contributed by atoms with Gasteiger partial charge in [0, 0.05) is 17.7 Å². The first-order chi connectivity index (χ1) is 15.1. The van der Waals surface area contributed by atoms with Crippen LogP contribution < -0.4 is 4.74 Å². The maximum absolute atomic E-state index is 12.1. The summed E-state index contributed by atoms with van der Waals surface area (Å²) in [7, 11) is 0. The number of rotatable bonds is 11. The molecule has 0 radical (unpaired) electrons. The molecule has 0 aliphatic carbocycles. The predicted octanol–water partition coefficient (Wildman–Crippen LogP) is 5.68. The highest BCUT2D eigenvalue weighted by Crippen LogP contribution is 2.22. The summed E-state index contributed by atoms with van der Waals surface area (Å²) in [4.78, 5) is 26.6. The molecule has 0 saturated carbocycles. The Kier molecular flexibility index (Phi) is 7.92. The molecule has 1 heterocycles. The van der Waals surface area contributed by atoms with Crippen LogP contribution in [0.3, 0.4) is 0 Å². The van der Waals surface area contributed by atoms with Gasteiger partial charge >= 0.3 is 5.97 Å². The third kappa shape index (κ3) is 6.50. The summed E-state index contributed by atoms with van der Waals surface area (Å²) in [6.45, 7) is 2.91. The smallest absolute Gasteiger partial charge is 0.363 e. The average Bonchev–Trinajstić information content (AvgIpc) is 3.14. The standard InChI is InChI=1S/C24H26N2O5/c1-2-3-4-5-6-7-16-30-21-14-8-18(9-15-21)17-22-24(27)31-23(25-22)19-10-12-20(13-11-19)26(28)29/h8-15,17H,2-7,16H2,1H3/b22-17+. The van der Waals surface area contributed by atoms with Crippen molar-refractivity contribution < 1.29 is 19.2 Å². The Bertz CT molecular complexity index is 962. The predicted molar refractivity (Wildman–Crippen MR) is 119 cm³/mol. The van der Waals surface area contributed by atoms with E-state index in [1.807, 2.05) is 24.3 Å². The largest absolute Gasteiger partial charge is 0.494 e. The molecule has 3 rings (SSSR count). The second kappa shape index (κ2) is 11.1. The van der Waals surface area contributed by atoms with E-state index in [0.29, 0.717) is 12.2 Å². The van der Waals surface area contributed by atoms with E-state index in [9.17, 15) is 14.9 Å². The lowest BCUT2D eigenvalue weighted by molar-refractivity contribution is -0.384. The van der Waals surface area contributed by atoms with Gasteiger partial charge in [-0.05, 0) is 42.3 Å². The van der Waals surface area contributed by atoms with Crippen molar-refractivity contribution in [2.24, 2.45) is 4.99 Å². The molecule has 31 heavy (non-hydrogen) atoms. The molecule has 0 bridgehead atoms. The van der Waals surface area contributed by atoms with E-state index in [4.69, 9.17) is 9.47 Å². The van der Waals surface area contributed by atoms with Crippen LogP contribution in [0.2, 0.25) is 0 Å². The summed E-state index contributed by atoms with van der Waals surface area (Å²) < 4.78 is 11.0. The number of aliphatic imine (C=N–C) groups is 1. The molecule has 7 heteroatoms. The van der Waals surface area contributed by atoms with Crippen molar-refractivity contribution in [3.8, 4) is 5.75 Å². The topological polar surface area (TPSA) is 91.0 Å². The zero-order valence-corrected chi connectivity index (χ0v) is 17.6. The van der Waals surface area contributed by atoms with E-state index in [1.54, 1.807) is 6.08 Å². The number of nitrogens with zero attached hydrogens (tertiary/aromatic N) is 2. The van der Waals surface area contributed by atoms with Crippen molar-refractivity contribution in [2.45, 2.75) is 45.4 Å². The van der Waals surface area contributed by atoms with Crippen LogP contribution in [0, 0.1) is 10.1 Å². The fraction of sp³-hybridized carbons (Fsp3) is 0.333. The molecule has 162 valence electrons. The summed E-state index contributed by atoms with van der Waals surface area (Å²) in [5.74, 6) is 0.363. The molecule has 0 unspecified atom stereocenters. The molecule has 0 saturated heterocycles. The lowest BCUT2D eigenvalue weighted by Gasteiger charge is -2.06. The van der Waals surface area contributed by atoms with Gasteiger partial charge in [0.1, 0.15) is 5.75 Å². The number of cyclic esters (lactones) is 1. The number of carbonyl (C=O) groups is 1. The number of hydrogen-bond donors (Lipinski definition) is 0. The molecule has 0 amide bonds. The zero-order chi connectivity index (χ0) is 22.1. The summed E-state index contributed by atoms with van der Waals surface area (Å²) in [6.07, 6.45) is 8.95. The fourth-order valence-electron chi connectivity index (χ4n) is 3.15. The van der Waals surface area contributed by atoms with E-state index >= 15 is 0 Å². The molecular weight excluding hydrogens is 396 g/mol.